The third-order valence-electron chi connectivity index (χ3n) is 14.6. The van der Waals surface area contributed by atoms with E-state index in [9.17, 15) is 39.0 Å². The number of aliphatic hydroxyl groups excluding tert-OH is 2. The highest BCUT2D eigenvalue weighted by atomic mass is 16.7. The maximum absolute atomic E-state index is 14.2. The Morgan fingerprint density at radius 2 is 1.62 bits per heavy atom. The molecule has 1 aromatic rings. The molecule has 0 radical (unpaired) electrons. The Kier molecular flexibility index (Phi) is 25.8. The highest BCUT2D eigenvalue weighted by molar-refractivity contribution is 5.94. The number of methoxy groups -OCH3 is 1. The first-order valence-corrected chi connectivity index (χ1v) is 27.0. The molecule has 0 bridgehead atoms. The summed E-state index contributed by atoms with van der Waals surface area (Å²) in [4.78, 5) is 87.9. The van der Waals surface area contributed by atoms with E-state index in [1.807, 2.05) is 44.9 Å². The minimum atomic E-state index is -1.46. The molecule has 4 heterocycles. The average Bonchev–Trinajstić information content (AvgIpc) is 3.35. The standard InChI is InChI=1S/C55H88N4O17/c1-14-43(63)72-42-28-45(65)71-40(21-18-20-37-27-39(31-56-30-37)53(67)59(16-3)17-4)22-19-24-58(12)32-41(62)33(5)26-38(23-25-60)50(51(42)68-13)75-54-48(66)47(57(10)11)49(34(6)70-54)74-46-29-55(9,76-36(8)61)52(35(7)69-46)73-44(64)15-2/h18,20,25,27,30-31,33-35,38,40-42,46-52,54,62,66H,14-17,19,21-24,26,28-29,32H2,1-13H3/b20-18+/t33-,34?,35?,38+,40+,41+,42-,46+,47?,48?,49+,50+,51+,52+,54+,55?/m1/s1. The van der Waals surface area contributed by atoms with Crippen LogP contribution in [0.2, 0.25) is 0 Å². The summed E-state index contributed by atoms with van der Waals surface area (Å²) in [5.74, 6) is -3.71. The number of carbonyl (C=O) groups is 6. The maximum Gasteiger partial charge on any atom is 0.309 e. The van der Waals surface area contributed by atoms with Crippen LogP contribution >= 0.6 is 0 Å². The molecule has 0 saturated carbocycles. The number of esters is 4. The van der Waals surface area contributed by atoms with E-state index in [0.717, 1.165) is 6.29 Å². The SMILES string of the molecule is CCC(=O)O[C@@H]1CC(=O)O[C@@H](C/C=C/c2cncc(C(=O)N(CC)CC)c2)CCCN(C)C[C@H](O)[C@H](C)C[C@H](CC=O)[C@H](O[C@@H]2OC(C)[C@H](O[C@H]3CC(C)(OC(C)=O)[C@@H](OC(=O)CC)C(C)O3)C(N(C)C)C2O)[C@H]1OC. The van der Waals surface area contributed by atoms with Crippen LogP contribution in [0.3, 0.4) is 0 Å². The number of aldehydes is 1. The summed E-state index contributed by atoms with van der Waals surface area (Å²) in [7, 11) is 6.74. The molecule has 0 aromatic carbocycles. The zero-order valence-corrected chi connectivity index (χ0v) is 47.1. The van der Waals surface area contributed by atoms with E-state index in [1.165, 1.54) is 20.2 Å². The van der Waals surface area contributed by atoms with Crippen LogP contribution in [0.15, 0.2) is 24.5 Å². The summed E-state index contributed by atoms with van der Waals surface area (Å²) in [5, 5.41) is 24.1. The maximum atomic E-state index is 14.2. The fourth-order valence-electron chi connectivity index (χ4n) is 10.6. The number of hydrogen-bond donors (Lipinski definition) is 2. The molecule has 1 amide bonds. The van der Waals surface area contributed by atoms with E-state index < -0.39 is 127 Å². The minimum Gasteiger partial charge on any atom is -0.462 e. The third kappa shape index (κ3) is 18.1. The molecule has 5 unspecified atom stereocenters. The zero-order valence-electron chi connectivity index (χ0n) is 47.1. The van der Waals surface area contributed by atoms with Gasteiger partial charge in [0.2, 0.25) is 0 Å². The molecule has 430 valence electrons. The molecule has 21 heteroatoms. The van der Waals surface area contributed by atoms with Gasteiger partial charge in [-0.25, -0.2) is 0 Å². The number of aromatic nitrogens is 1. The van der Waals surface area contributed by atoms with Gasteiger partial charge in [-0.05, 0) is 105 Å². The first-order valence-electron chi connectivity index (χ1n) is 27.0. The van der Waals surface area contributed by atoms with Gasteiger partial charge in [0.25, 0.3) is 5.91 Å². The number of cyclic esters (lactones) is 1. The van der Waals surface area contributed by atoms with E-state index in [2.05, 4.69) is 4.98 Å². The Morgan fingerprint density at radius 3 is 2.24 bits per heavy atom. The molecule has 3 aliphatic heterocycles. The van der Waals surface area contributed by atoms with E-state index in [1.54, 1.807) is 70.8 Å². The highest BCUT2D eigenvalue weighted by Gasteiger charge is 2.54. The second kappa shape index (κ2) is 30.6. The summed E-state index contributed by atoms with van der Waals surface area (Å²) in [6.45, 7) is 17.2. The van der Waals surface area contributed by atoms with Gasteiger partial charge >= 0.3 is 23.9 Å². The number of aliphatic hydroxyl groups is 2. The van der Waals surface area contributed by atoms with Gasteiger partial charge in [-0.15, -0.1) is 0 Å². The molecule has 2 N–H and O–H groups in total. The van der Waals surface area contributed by atoms with Gasteiger partial charge < -0.3 is 72.3 Å². The van der Waals surface area contributed by atoms with Gasteiger partial charge in [-0.3, -0.25) is 29.0 Å². The molecule has 4 rings (SSSR count). The molecular weight excluding hydrogens is 989 g/mol. The number of likely N-dealkylation sites (N-methyl/N-ethyl adjacent to an activating group) is 2. The van der Waals surface area contributed by atoms with Crippen molar-refractivity contribution in [2.75, 3.05) is 54.4 Å². The fourth-order valence-corrected chi connectivity index (χ4v) is 10.6. The van der Waals surface area contributed by atoms with Crippen LogP contribution in [-0.2, 0) is 66.6 Å². The lowest BCUT2D eigenvalue weighted by molar-refractivity contribution is -0.344. The molecule has 76 heavy (non-hydrogen) atoms. The predicted molar refractivity (Wildman–Crippen MR) is 278 cm³/mol. The zero-order chi connectivity index (χ0) is 56.4. The Morgan fingerprint density at radius 1 is 0.934 bits per heavy atom. The number of ether oxygens (including phenoxy) is 9. The average molecular weight is 1080 g/mol. The lowest BCUT2D eigenvalue weighted by Crippen LogP contribution is -2.66. The normalized spacial score (nSPS) is 33.5. The number of rotatable bonds is 19. The smallest absolute Gasteiger partial charge is 0.309 e. The van der Waals surface area contributed by atoms with Gasteiger partial charge in [0.1, 0.15) is 36.8 Å². The number of amides is 1. The Bertz CT molecular complexity index is 2060. The van der Waals surface area contributed by atoms with Crippen LogP contribution in [0.25, 0.3) is 6.08 Å². The van der Waals surface area contributed by atoms with Gasteiger partial charge in [0, 0.05) is 78.2 Å². The van der Waals surface area contributed by atoms with Crippen LogP contribution in [0.5, 0.6) is 0 Å². The molecule has 0 aliphatic carbocycles. The summed E-state index contributed by atoms with van der Waals surface area (Å²) >= 11 is 0. The third-order valence-corrected chi connectivity index (χ3v) is 14.6. The van der Waals surface area contributed by atoms with Gasteiger partial charge in [0.05, 0.1) is 42.4 Å². The molecule has 16 atom stereocenters. The summed E-state index contributed by atoms with van der Waals surface area (Å²) in [5.41, 5.74) is -0.201. The van der Waals surface area contributed by atoms with Crippen molar-refractivity contribution in [2.45, 2.75) is 205 Å². The number of nitrogens with zero attached hydrogens (tertiary/aromatic N) is 4. The minimum absolute atomic E-state index is 0.0344. The first-order chi connectivity index (χ1) is 36.0. The topological polar surface area (TPSA) is 249 Å². The van der Waals surface area contributed by atoms with Crippen molar-refractivity contribution in [2.24, 2.45) is 11.8 Å². The molecular formula is C55H88N4O17. The molecule has 3 aliphatic rings. The molecule has 3 saturated heterocycles. The van der Waals surface area contributed by atoms with Crippen molar-refractivity contribution in [1.29, 1.82) is 0 Å². The summed E-state index contributed by atoms with van der Waals surface area (Å²) < 4.78 is 56.1. The van der Waals surface area contributed by atoms with Crippen LogP contribution in [0.4, 0.5) is 0 Å². The lowest BCUT2D eigenvalue weighted by Gasteiger charge is -2.50. The van der Waals surface area contributed by atoms with Crippen molar-refractivity contribution in [3.8, 4) is 0 Å². The van der Waals surface area contributed by atoms with E-state index >= 15 is 0 Å². The van der Waals surface area contributed by atoms with Crippen LogP contribution < -0.4 is 0 Å². The highest BCUT2D eigenvalue weighted by Crippen LogP contribution is 2.39. The lowest BCUT2D eigenvalue weighted by atomic mass is 9.82. The fraction of sp³-hybridized carbons (Fsp3) is 0.764. The van der Waals surface area contributed by atoms with Gasteiger partial charge in [-0.1, -0.05) is 32.9 Å². The number of pyridine rings is 1. The molecule has 21 nitrogen and oxygen atoms in total. The van der Waals surface area contributed by atoms with Gasteiger partial charge in [0.15, 0.2) is 24.3 Å². The van der Waals surface area contributed by atoms with Crippen LogP contribution in [-0.4, -0.2) is 206 Å². The number of carbonyl (C=O) groups excluding carboxylic acids is 6. The van der Waals surface area contributed by atoms with Crippen LogP contribution in [0.1, 0.15) is 136 Å². The van der Waals surface area contributed by atoms with Gasteiger partial charge in [-0.2, -0.15) is 0 Å². The first kappa shape index (κ1) is 64.1. The summed E-state index contributed by atoms with van der Waals surface area (Å²) in [6.07, 6.45) is -4.09. The predicted octanol–water partition coefficient (Wildman–Crippen LogP) is 4.51. The number of hydrogen-bond acceptors (Lipinski definition) is 20. The second-order valence-corrected chi connectivity index (χ2v) is 20.9. The van der Waals surface area contributed by atoms with Crippen molar-refractivity contribution < 1.29 is 81.6 Å². The monoisotopic (exact) mass is 1080 g/mol. The quantitative estimate of drug-likeness (QED) is 0.110. The Hall–Kier alpha value is -4.45. The number of β-amino-alcohol motifs (C(OH)–C–C–N with tert-alkyl or cyclic N) is 1. The Balaban J connectivity index is 1.70. The molecule has 1 aromatic heterocycles. The summed E-state index contributed by atoms with van der Waals surface area (Å²) in [6, 6.07) is 0.914. The van der Waals surface area contributed by atoms with Crippen molar-refractivity contribution in [3.63, 3.8) is 0 Å². The van der Waals surface area contributed by atoms with Crippen LogP contribution in [0, 0.1) is 11.8 Å². The Labute approximate surface area is 449 Å². The molecule has 0 spiro atoms. The van der Waals surface area contributed by atoms with E-state index in [-0.39, 0.29) is 44.6 Å². The molecule has 3 fully saturated rings. The second-order valence-electron chi connectivity index (χ2n) is 20.9. The van der Waals surface area contributed by atoms with Crippen molar-refractivity contribution in [3.05, 3.63) is 35.7 Å². The van der Waals surface area contributed by atoms with Crippen molar-refractivity contribution >= 4 is 42.1 Å². The van der Waals surface area contributed by atoms with Crippen molar-refractivity contribution in [1.82, 2.24) is 19.7 Å². The van der Waals surface area contributed by atoms with E-state index in [0.29, 0.717) is 50.0 Å². The van der Waals surface area contributed by atoms with E-state index in [4.69, 9.17) is 42.6 Å². The largest absolute Gasteiger partial charge is 0.462 e.